The van der Waals surface area contributed by atoms with Gasteiger partial charge >= 0.3 is 0 Å². The maximum Gasteiger partial charge on any atom is 0.0700 e. The molecular weight excluding hydrogens is 174 g/mol. The summed E-state index contributed by atoms with van der Waals surface area (Å²) in [6, 6.07) is 0.492. The molecule has 3 heteroatoms. The molecule has 1 fully saturated rings. The van der Waals surface area contributed by atoms with Crippen molar-refractivity contribution in [2.24, 2.45) is 0 Å². The Bertz CT molecular complexity index is 161. The Morgan fingerprint density at radius 2 is 2.33 bits per heavy atom. The summed E-state index contributed by atoms with van der Waals surface area (Å²) in [5.74, 6) is 0. The van der Waals surface area contributed by atoms with Gasteiger partial charge in [-0.2, -0.15) is 0 Å². The van der Waals surface area contributed by atoms with E-state index in [0.717, 1.165) is 19.7 Å². The van der Waals surface area contributed by atoms with E-state index in [1.54, 1.807) is 5.54 Å². The summed E-state index contributed by atoms with van der Waals surface area (Å²) in [6.07, 6.45) is 2.30. The van der Waals surface area contributed by atoms with Crippen LogP contribution >= 0.6 is 11.6 Å². The van der Waals surface area contributed by atoms with Crippen molar-refractivity contribution in [3.8, 4) is 0 Å². The van der Waals surface area contributed by atoms with Gasteiger partial charge in [-0.25, -0.2) is 0 Å². The summed E-state index contributed by atoms with van der Waals surface area (Å²) in [6.45, 7) is 7.07. The van der Waals surface area contributed by atoms with Crippen LogP contribution in [0.2, 0.25) is 0 Å². The lowest BCUT2D eigenvalue weighted by Gasteiger charge is -2.37. The fraction of sp³-hybridized carbons (Fsp3) is 0.778. The molecule has 0 aliphatic carbocycles. The van der Waals surface area contributed by atoms with Crippen molar-refractivity contribution in [3.63, 3.8) is 0 Å². The van der Waals surface area contributed by atoms with Gasteiger partial charge in [0.1, 0.15) is 0 Å². The normalized spacial score (nSPS) is 32.9. The first-order chi connectivity index (χ1) is 5.75. The van der Waals surface area contributed by atoms with Crippen LogP contribution in [0.5, 0.6) is 0 Å². The average Bonchev–Trinajstić information content (AvgIpc) is 2.08. The van der Waals surface area contributed by atoms with Crippen LogP contribution in [-0.4, -0.2) is 36.7 Å². The molecule has 0 bridgehead atoms. The van der Waals surface area contributed by atoms with Crippen LogP contribution < -0.4 is 0 Å². The summed E-state index contributed by atoms with van der Waals surface area (Å²) >= 11 is 5.47. The Labute approximate surface area is 79.1 Å². The fourth-order valence-corrected chi connectivity index (χ4v) is 1.51. The molecule has 0 amide bonds. The third-order valence-corrected chi connectivity index (χ3v) is 2.62. The summed E-state index contributed by atoms with van der Waals surface area (Å²) in [4.78, 5) is 2.37. The van der Waals surface area contributed by atoms with Gasteiger partial charge in [0.2, 0.25) is 0 Å². The molecule has 2 nitrogen and oxygen atoms in total. The zero-order valence-electron chi connectivity index (χ0n) is 7.66. The van der Waals surface area contributed by atoms with Crippen molar-refractivity contribution in [2.45, 2.75) is 26.0 Å². The van der Waals surface area contributed by atoms with Crippen molar-refractivity contribution in [1.82, 2.24) is 4.90 Å². The van der Waals surface area contributed by atoms with Crippen molar-refractivity contribution in [1.29, 1.82) is 0 Å². The zero-order chi connectivity index (χ0) is 8.97. The van der Waals surface area contributed by atoms with Crippen LogP contribution in [0.15, 0.2) is 11.6 Å². The van der Waals surface area contributed by atoms with Crippen LogP contribution in [-0.2, 0) is 4.74 Å². The molecule has 70 valence electrons. The Hall–Kier alpha value is -0.0500. The number of nitrogens with zero attached hydrogens (tertiary/aromatic N) is 1. The molecule has 0 saturated carbocycles. The van der Waals surface area contributed by atoms with E-state index >= 15 is 0 Å². The predicted octanol–water partition coefficient (Wildman–Crippen LogP) is 1.85. The van der Waals surface area contributed by atoms with Crippen molar-refractivity contribution >= 4 is 11.6 Å². The number of morpholine rings is 1. The van der Waals surface area contributed by atoms with E-state index in [-0.39, 0.29) is 0 Å². The van der Waals surface area contributed by atoms with Gasteiger partial charge in [-0.15, -0.1) is 0 Å². The van der Waals surface area contributed by atoms with Crippen LogP contribution in [0, 0.1) is 0 Å². The van der Waals surface area contributed by atoms with Crippen molar-refractivity contribution in [2.75, 3.05) is 19.7 Å². The molecule has 1 heterocycles. The molecule has 0 radical (unpaired) electrons. The first-order valence-electron chi connectivity index (χ1n) is 4.36. The SMILES string of the molecule is CC1OCCN(C/C=C/Cl)C1C. The van der Waals surface area contributed by atoms with Crippen LogP contribution in [0.1, 0.15) is 13.8 Å². The lowest BCUT2D eigenvalue weighted by atomic mass is 10.1. The first kappa shape index (κ1) is 10.0. The number of rotatable bonds is 2. The molecule has 2 unspecified atom stereocenters. The summed E-state index contributed by atoms with van der Waals surface area (Å²) in [5, 5.41) is 0. The van der Waals surface area contributed by atoms with Gasteiger partial charge in [0.05, 0.1) is 12.7 Å². The molecule has 12 heavy (non-hydrogen) atoms. The van der Waals surface area contributed by atoms with Crippen LogP contribution in [0.25, 0.3) is 0 Å². The van der Waals surface area contributed by atoms with Gasteiger partial charge in [0.25, 0.3) is 0 Å². The van der Waals surface area contributed by atoms with E-state index in [4.69, 9.17) is 16.3 Å². The second kappa shape index (κ2) is 4.85. The molecule has 0 N–H and O–H groups in total. The van der Waals surface area contributed by atoms with E-state index < -0.39 is 0 Å². The monoisotopic (exact) mass is 189 g/mol. The lowest BCUT2D eigenvalue weighted by molar-refractivity contribution is -0.0506. The minimum atomic E-state index is 0.336. The Balaban J connectivity index is 2.40. The molecule has 0 aromatic rings. The third kappa shape index (κ3) is 2.47. The average molecular weight is 190 g/mol. The van der Waals surface area contributed by atoms with Crippen LogP contribution in [0.4, 0.5) is 0 Å². The van der Waals surface area contributed by atoms with Gasteiger partial charge < -0.3 is 4.74 Å². The second-order valence-electron chi connectivity index (χ2n) is 3.17. The minimum Gasteiger partial charge on any atom is -0.376 e. The highest BCUT2D eigenvalue weighted by Crippen LogP contribution is 2.12. The Kier molecular flexibility index (Phi) is 4.06. The Morgan fingerprint density at radius 3 is 3.00 bits per heavy atom. The molecule has 1 aliphatic rings. The van der Waals surface area contributed by atoms with Crippen molar-refractivity contribution in [3.05, 3.63) is 11.6 Å². The molecule has 1 rings (SSSR count). The molecule has 2 atom stereocenters. The molecule has 0 spiro atoms. The van der Waals surface area contributed by atoms with Gasteiger partial charge in [-0.3, -0.25) is 4.90 Å². The minimum absolute atomic E-state index is 0.336. The fourth-order valence-electron chi connectivity index (χ4n) is 1.43. The molecule has 1 saturated heterocycles. The Morgan fingerprint density at radius 1 is 1.58 bits per heavy atom. The maximum atomic E-state index is 5.50. The smallest absolute Gasteiger partial charge is 0.0700 e. The second-order valence-corrected chi connectivity index (χ2v) is 3.43. The zero-order valence-corrected chi connectivity index (χ0v) is 8.42. The highest BCUT2D eigenvalue weighted by atomic mass is 35.5. The number of halogens is 1. The summed E-state index contributed by atoms with van der Waals surface area (Å²) < 4.78 is 5.50. The summed E-state index contributed by atoms with van der Waals surface area (Å²) in [7, 11) is 0. The summed E-state index contributed by atoms with van der Waals surface area (Å²) in [5.41, 5.74) is 1.58. The highest BCUT2D eigenvalue weighted by Gasteiger charge is 2.23. The van der Waals surface area contributed by atoms with E-state index in [1.165, 1.54) is 0 Å². The van der Waals surface area contributed by atoms with E-state index in [1.807, 2.05) is 6.08 Å². The molecule has 0 aromatic heterocycles. The van der Waals surface area contributed by atoms with E-state index in [2.05, 4.69) is 18.7 Å². The highest BCUT2D eigenvalue weighted by molar-refractivity contribution is 6.25. The van der Waals surface area contributed by atoms with Crippen molar-refractivity contribution < 1.29 is 4.74 Å². The largest absolute Gasteiger partial charge is 0.376 e. The van der Waals surface area contributed by atoms with Gasteiger partial charge in [-0.05, 0) is 13.8 Å². The van der Waals surface area contributed by atoms with E-state index in [9.17, 15) is 0 Å². The van der Waals surface area contributed by atoms with Crippen LogP contribution in [0.3, 0.4) is 0 Å². The molecular formula is C9H16ClNO. The number of hydrogen-bond donors (Lipinski definition) is 0. The van der Waals surface area contributed by atoms with Gasteiger partial charge in [0, 0.05) is 24.7 Å². The van der Waals surface area contributed by atoms with Gasteiger partial charge in [-0.1, -0.05) is 17.7 Å². The third-order valence-electron chi connectivity index (χ3n) is 2.44. The van der Waals surface area contributed by atoms with Gasteiger partial charge in [0.15, 0.2) is 0 Å². The maximum absolute atomic E-state index is 5.50. The number of hydrogen-bond acceptors (Lipinski definition) is 2. The first-order valence-corrected chi connectivity index (χ1v) is 4.80. The molecule has 1 aliphatic heterocycles. The topological polar surface area (TPSA) is 12.5 Å². The number of ether oxygens (including phenoxy) is 1. The quantitative estimate of drug-likeness (QED) is 0.658. The molecule has 0 aromatic carbocycles. The lowest BCUT2D eigenvalue weighted by Crippen LogP contribution is -2.48. The van der Waals surface area contributed by atoms with E-state index in [0.29, 0.717) is 12.1 Å². The predicted molar refractivity (Wildman–Crippen MR) is 51.4 cm³/mol. The standard InChI is InChI=1S/C9H16ClNO/c1-8-9(2)12-7-6-11(8)5-3-4-10/h3-4,8-9H,5-7H2,1-2H3/b4-3+.